The van der Waals surface area contributed by atoms with Crippen molar-refractivity contribution in [2.45, 2.75) is 33.2 Å². The lowest BCUT2D eigenvalue weighted by atomic mass is 9.88. The monoisotopic (exact) mass is 466 g/mol. The molecule has 2 N–H and O–H groups in total. The number of methoxy groups -OCH3 is 2. The maximum Gasteiger partial charge on any atom is 0.278 e. The molecule has 0 spiro atoms. The third kappa shape index (κ3) is 4.23. The van der Waals surface area contributed by atoms with E-state index in [9.17, 15) is 9.18 Å². The highest BCUT2D eigenvalue weighted by Crippen LogP contribution is 2.39. The molecule has 0 radical (unpaired) electrons. The highest BCUT2D eigenvalue weighted by atomic mass is 19.1. The smallest absolute Gasteiger partial charge is 0.278 e. The lowest BCUT2D eigenvalue weighted by Gasteiger charge is -2.38. The Morgan fingerprint density at radius 2 is 1.91 bits per heavy atom. The van der Waals surface area contributed by atoms with Gasteiger partial charge in [-0.05, 0) is 30.5 Å². The molecule has 4 rings (SSSR count). The second-order valence-electron chi connectivity index (χ2n) is 8.57. The molecular formula is C24H27FN6O3. The van der Waals surface area contributed by atoms with E-state index in [-0.39, 0.29) is 29.5 Å². The van der Waals surface area contributed by atoms with Crippen molar-refractivity contribution in [2.24, 2.45) is 5.92 Å². The number of nitrogen functional groups attached to an aromatic ring is 1. The Morgan fingerprint density at radius 1 is 1.18 bits per heavy atom. The van der Waals surface area contributed by atoms with Crippen molar-refractivity contribution in [2.75, 3.05) is 26.5 Å². The van der Waals surface area contributed by atoms with Crippen LogP contribution in [0.25, 0.3) is 11.3 Å². The van der Waals surface area contributed by atoms with E-state index in [1.807, 2.05) is 13.8 Å². The van der Waals surface area contributed by atoms with E-state index < -0.39 is 11.9 Å². The van der Waals surface area contributed by atoms with Gasteiger partial charge in [-0.1, -0.05) is 19.9 Å². The first kappa shape index (κ1) is 23.3. The molecule has 0 saturated heterocycles. The summed E-state index contributed by atoms with van der Waals surface area (Å²) in [5.74, 6) is 0.102. The minimum Gasteiger partial charge on any atom is -0.477 e. The number of benzene rings is 1. The van der Waals surface area contributed by atoms with Crippen LogP contribution in [-0.4, -0.2) is 51.5 Å². The van der Waals surface area contributed by atoms with E-state index in [1.54, 1.807) is 17.9 Å². The molecule has 3 aromatic rings. The molecule has 1 aliphatic heterocycles. The molecule has 2 aromatic heterocycles. The third-order valence-corrected chi connectivity index (χ3v) is 5.73. The van der Waals surface area contributed by atoms with Crippen LogP contribution < -0.4 is 15.2 Å². The molecule has 0 aliphatic carbocycles. The molecule has 0 fully saturated rings. The van der Waals surface area contributed by atoms with Crippen LogP contribution >= 0.6 is 0 Å². The molecule has 1 amide bonds. The lowest BCUT2D eigenvalue weighted by molar-refractivity contribution is 0.0615. The number of halogens is 1. The van der Waals surface area contributed by atoms with Gasteiger partial charge in [0, 0.05) is 18.5 Å². The summed E-state index contributed by atoms with van der Waals surface area (Å²) >= 11 is 0. The van der Waals surface area contributed by atoms with Crippen LogP contribution in [0.15, 0.2) is 24.4 Å². The van der Waals surface area contributed by atoms with Crippen molar-refractivity contribution in [3.63, 3.8) is 0 Å². The molecule has 34 heavy (non-hydrogen) atoms. The number of rotatable bonds is 6. The number of aromatic nitrogens is 4. The summed E-state index contributed by atoms with van der Waals surface area (Å²) < 4.78 is 24.9. The first-order valence-electron chi connectivity index (χ1n) is 10.9. The van der Waals surface area contributed by atoms with Gasteiger partial charge in [-0.2, -0.15) is 0 Å². The molecule has 3 heterocycles. The summed E-state index contributed by atoms with van der Waals surface area (Å²) in [4.78, 5) is 32.7. The van der Waals surface area contributed by atoms with E-state index in [4.69, 9.17) is 15.2 Å². The molecule has 1 aromatic carbocycles. The first-order valence-corrected chi connectivity index (χ1v) is 10.9. The van der Waals surface area contributed by atoms with E-state index in [2.05, 4.69) is 19.9 Å². The topological polar surface area (TPSA) is 116 Å². The van der Waals surface area contributed by atoms with Gasteiger partial charge < -0.3 is 20.1 Å². The number of fused-ring (bicyclic) bond motifs is 1. The largest absolute Gasteiger partial charge is 0.477 e. The highest BCUT2D eigenvalue weighted by molar-refractivity contribution is 5.98. The van der Waals surface area contributed by atoms with Crippen molar-refractivity contribution < 1.29 is 18.7 Å². The van der Waals surface area contributed by atoms with Crippen LogP contribution in [0.2, 0.25) is 0 Å². The van der Waals surface area contributed by atoms with Crippen molar-refractivity contribution >= 4 is 11.9 Å². The summed E-state index contributed by atoms with van der Waals surface area (Å²) in [6, 6.07) is 4.02. The number of amides is 1. The quantitative estimate of drug-likeness (QED) is 0.588. The molecule has 9 nitrogen and oxygen atoms in total. The third-order valence-electron chi connectivity index (χ3n) is 5.73. The minimum absolute atomic E-state index is 0.116. The molecule has 0 saturated carbocycles. The number of carbonyl (C=O) groups excluding carboxylic acids is 1. The van der Waals surface area contributed by atoms with Crippen LogP contribution in [0.1, 0.15) is 47.2 Å². The Bertz CT molecular complexity index is 1250. The Morgan fingerprint density at radius 3 is 2.59 bits per heavy atom. The average Bonchev–Trinajstić information content (AvgIpc) is 2.79. The number of hydrogen-bond acceptors (Lipinski definition) is 8. The van der Waals surface area contributed by atoms with E-state index >= 15 is 0 Å². The number of aryl methyl sites for hydroxylation is 1. The molecular weight excluding hydrogens is 439 g/mol. The maximum atomic E-state index is 14.4. The maximum absolute atomic E-state index is 14.4. The highest BCUT2D eigenvalue weighted by Gasteiger charge is 2.37. The van der Waals surface area contributed by atoms with Crippen molar-refractivity contribution in [3.05, 3.63) is 52.7 Å². The van der Waals surface area contributed by atoms with Crippen LogP contribution in [0.3, 0.4) is 0 Å². The minimum atomic E-state index is -0.435. The zero-order chi connectivity index (χ0) is 24.6. The van der Waals surface area contributed by atoms with Crippen molar-refractivity contribution in [3.8, 4) is 23.0 Å². The Labute approximate surface area is 197 Å². The summed E-state index contributed by atoms with van der Waals surface area (Å²) in [7, 11) is 2.92. The van der Waals surface area contributed by atoms with Gasteiger partial charge in [-0.15, -0.1) is 0 Å². The summed E-state index contributed by atoms with van der Waals surface area (Å²) in [6.07, 6.45) is 1.90. The summed E-state index contributed by atoms with van der Waals surface area (Å²) in [6.45, 7) is 6.33. The van der Waals surface area contributed by atoms with E-state index in [0.29, 0.717) is 41.2 Å². The van der Waals surface area contributed by atoms with E-state index in [0.717, 1.165) is 5.56 Å². The van der Waals surface area contributed by atoms with Gasteiger partial charge in [0.25, 0.3) is 17.7 Å². The van der Waals surface area contributed by atoms with Crippen LogP contribution in [-0.2, 0) is 6.42 Å². The second-order valence-corrected chi connectivity index (χ2v) is 8.57. The van der Waals surface area contributed by atoms with Gasteiger partial charge in [0.1, 0.15) is 5.82 Å². The number of nitrogens with two attached hydrogens (primary N) is 1. The zero-order valence-corrected chi connectivity index (χ0v) is 19.8. The van der Waals surface area contributed by atoms with Crippen LogP contribution in [0.5, 0.6) is 11.8 Å². The molecule has 0 bridgehead atoms. The molecule has 10 heteroatoms. The molecule has 1 atom stereocenters. The molecule has 1 unspecified atom stereocenters. The van der Waals surface area contributed by atoms with Gasteiger partial charge in [0.2, 0.25) is 5.95 Å². The van der Waals surface area contributed by atoms with Crippen LogP contribution in [0.4, 0.5) is 10.3 Å². The van der Waals surface area contributed by atoms with Gasteiger partial charge in [0.05, 0.1) is 49.1 Å². The number of hydrogen-bond donors (Lipinski definition) is 1. The fraction of sp³-hybridized carbons (Fsp3) is 0.375. The normalized spacial score (nSPS) is 15.4. The van der Waals surface area contributed by atoms with Gasteiger partial charge in [-0.25, -0.2) is 24.3 Å². The predicted octanol–water partition coefficient (Wildman–Crippen LogP) is 3.38. The number of carbonyl (C=O) groups is 1. The lowest BCUT2D eigenvalue weighted by Crippen LogP contribution is -2.43. The van der Waals surface area contributed by atoms with Gasteiger partial charge in [0.15, 0.2) is 0 Å². The van der Waals surface area contributed by atoms with Gasteiger partial charge in [-0.3, -0.25) is 4.79 Å². The number of ether oxygens (including phenoxy) is 2. The fourth-order valence-corrected chi connectivity index (χ4v) is 4.35. The Kier molecular flexibility index (Phi) is 6.32. The van der Waals surface area contributed by atoms with Crippen molar-refractivity contribution in [1.29, 1.82) is 0 Å². The second kappa shape index (κ2) is 9.20. The van der Waals surface area contributed by atoms with Crippen LogP contribution in [0, 0.1) is 18.7 Å². The molecule has 178 valence electrons. The van der Waals surface area contributed by atoms with E-state index in [1.165, 1.54) is 32.5 Å². The Balaban J connectivity index is 1.90. The van der Waals surface area contributed by atoms with Crippen molar-refractivity contribution in [1.82, 2.24) is 24.8 Å². The van der Waals surface area contributed by atoms with Gasteiger partial charge >= 0.3 is 0 Å². The summed E-state index contributed by atoms with van der Waals surface area (Å²) in [5, 5.41) is 0. The number of anilines is 1. The summed E-state index contributed by atoms with van der Waals surface area (Å²) in [5.41, 5.74) is 9.10. The fourth-order valence-electron chi connectivity index (χ4n) is 4.35. The number of nitrogens with zero attached hydrogens (tertiary/aromatic N) is 5. The average molecular weight is 467 g/mol. The first-order chi connectivity index (χ1) is 16.2. The molecule has 1 aliphatic rings. The Hall–Kier alpha value is -3.82. The standard InChI is InChI=1S/C24H27FN6O3/c1-12(2)11-31-19(9-17-20(23(31)32)13(3)28-24(26)30-17)15-7-6-14(25)8-16(15)18-10-27-21(33-4)22(29-18)34-5/h6-8,10,12,19H,9,11H2,1-5H3,(H2,26,28,30). The SMILES string of the molecule is COc1ncc(-c2cc(F)ccc2C2Cc3nc(N)nc(C)c3C(=O)N2CC(C)C)nc1OC. The zero-order valence-electron chi connectivity index (χ0n) is 19.8. The predicted molar refractivity (Wildman–Crippen MR) is 124 cm³/mol.